The van der Waals surface area contributed by atoms with E-state index in [-0.39, 0.29) is 0 Å². The van der Waals surface area contributed by atoms with Crippen LogP contribution < -0.4 is 5.73 Å². The highest BCUT2D eigenvalue weighted by Crippen LogP contribution is 2.43. The minimum absolute atomic E-state index is 0.510. The number of hydrogen-bond donors (Lipinski definition) is 1. The lowest BCUT2D eigenvalue weighted by Gasteiger charge is -2.10. The number of hydrogen-bond acceptors (Lipinski definition) is 4. The monoisotopic (exact) mass is 321 g/mol. The number of anilines is 1. The first kappa shape index (κ1) is 12.6. The molecule has 1 fully saturated rings. The minimum atomic E-state index is 0.510. The minimum Gasteiger partial charge on any atom is -0.383 e. The Kier molecular flexibility index (Phi) is 3.26. The molecule has 1 aliphatic carbocycles. The maximum Gasteiger partial charge on any atom is 0.180 e. The first-order chi connectivity index (χ1) is 9.20. The zero-order chi connectivity index (χ0) is 13.4. The Morgan fingerprint density at radius 2 is 2.21 bits per heavy atom. The molecule has 0 aromatic carbocycles. The van der Waals surface area contributed by atoms with Crippen molar-refractivity contribution in [3.05, 3.63) is 22.7 Å². The Balaban J connectivity index is 2.07. The summed E-state index contributed by atoms with van der Waals surface area (Å²) in [6.45, 7) is 3.05. The highest BCUT2D eigenvalue weighted by Gasteiger charge is 2.29. The molecule has 5 nitrogen and oxygen atoms in total. The van der Waals surface area contributed by atoms with Gasteiger partial charge in [-0.15, -0.1) is 0 Å². The maximum atomic E-state index is 5.99. The third-order valence-electron chi connectivity index (χ3n) is 3.27. The topological polar surface area (TPSA) is 69.6 Å². The van der Waals surface area contributed by atoms with Gasteiger partial charge in [0.05, 0.1) is 22.7 Å². The molecule has 0 atom stereocenters. The van der Waals surface area contributed by atoms with Crippen molar-refractivity contribution in [2.45, 2.75) is 38.6 Å². The van der Waals surface area contributed by atoms with Crippen LogP contribution in [0, 0.1) is 0 Å². The van der Waals surface area contributed by atoms with Crippen molar-refractivity contribution in [1.29, 1.82) is 0 Å². The molecule has 0 aliphatic heterocycles. The summed E-state index contributed by atoms with van der Waals surface area (Å²) >= 11 is 3.50. The molecule has 19 heavy (non-hydrogen) atoms. The van der Waals surface area contributed by atoms with Crippen molar-refractivity contribution in [1.82, 2.24) is 19.5 Å². The van der Waals surface area contributed by atoms with Crippen LogP contribution in [0.5, 0.6) is 0 Å². The molecule has 1 aliphatic rings. The third kappa shape index (κ3) is 2.36. The van der Waals surface area contributed by atoms with Gasteiger partial charge in [-0.2, -0.15) is 0 Å². The summed E-state index contributed by atoms with van der Waals surface area (Å²) in [6, 6.07) is 0. The lowest BCUT2D eigenvalue weighted by Crippen LogP contribution is -2.05. The first-order valence-corrected chi connectivity index (χ1v) is 7.33. The SMILES string of the molecule is CCCn1cncc1-c1nc(N)c(Br)c(C2CC2)n1. The Morgan fingerprint density at radius 1 is 1.42 bits per heavy atom. The van der Waals surface area contributed by atoms with Crippen molar-refractivity contribution in [3.63, 3.8) is 0 Å². The fourth-order valence-corrected chi connectivity index (χ4v) is 2.65. The molecular weight excluding hydrogens is 306 g/mol. The number of nitrogens with zero attached hydrogens (tertiary/aromatic N) is 4. The molecule has 0 saturated heterocycles. The van der Waals surface area contributed by atoms with Gasteiger partial charge in [-0.25, -0.2) is 15.0 Å². The summed E-state index contributed by atoms with van der Waals surface area (Å²) in [5, 5.41) is 0. The van der Waals surface area contributed by atoms with Crippen molar-refractivity contribution < 1.29 is 0 Å². The molecule has 1 saturated carbocycles. The molecule has 2 N–H and O–H groups in total. The van der Waals surface area contributed by atoms with Crippen molar-refractivity contribution in [2.75, 3.05) is 5.73 Å². The van der Waals surface area contributed by atoms with Crippen molar-refractivity contribution >= 4 is 21.7 Å². The van der Waals surface area contributed by atoms with Gasteiger partial charge in [-0.1, -0.05) is 6.92 Å². The summed E-state index contributed by atoms with van der Waals surface area (Å²) < 4.78 is 2.92. The van der Waals surface area contributed by atoms with E-state index in [0.717, 1.165) is 28.8 Å². The van der Waals surface area contributed by atoms with Crippen LogP contribution in [0.15, 0.2) is 17.0 Å². The van der Waals surface area contributed by atoms with Crippen LogP contribution in [0.25, 0.3) is 11.5 Å². The van der Waals surface area contributed by atoms with Crippen LogP contribution in [-0.4, -0.2) is 19.5 Å². The number of aryl methyl sites for hydroxylation is 1. The Labute approximate surface area is 120 Å². The molecule has 0 amide bonds. The highest BCUT2D eigenvalue weighted by atomic mass is 79.9. The van der Waals surface area contributed by atoms with Crippen molar-refractivity contribution in [2.24, 2.45) is 0 Å². The molecule has 3 rings (SSSR count). The number of halogens is 1. The molecule has 6 heteroatoms. The van der Waals surface area contributed by atoms with E-state index >= 15 is 0 Å². The average Bonchev–Trinajstić information content (AvgIpc) is 3.13. The molecule has 100 valence electrons. The molecular formula is C13H16BrN5. The van der Waals surface area contributed by atoms with Gasteiger partial charge in [-0.05, 0) is 35.2 Å². The summed E-state index contributed by atoms with van der Waals surface area (Å²) in [6.07, 6.45) is 7.03. The fourth-order valence-electron chi connectivity index (χ4n) is 2.15. The number of rotatable bonds is 4. The molecule has 2 aromatic rings. The lowest BCUT2D eigenvalue weighted by atomic mass is 10.2. The maximum absolute atomic E-state index is 5.99. The summed E-state index contributed by atoms with van der Waals surface area (Å²) in [4.78, 5) is 13.3. The Bertz CT molecular complexity index is 603. The van der Waals surface area contributed by atoms with Gasteiger partial charge in [0.1, 0.15) is 11.5 Å². The van der Waals surface area contributed by atoms with Gasteiger partial charge in [0.2, 0.25) is 0 Å². The van der Waals surface area contributed by atoms with Crippen LogP contribution in [0.1, 0.15) is 37.8 Å². The van der Waals surface area contributed by atoms with Gasteiger partial charge in [0.15, 0.2) is 5.82 Å². The third-order valence-corrected chi connectivity index (χ3v) is 4.08. The van der Waals surface area contributed by atoms with E-state index in [1.165, 1.54) is 12.8 Å². The smallest absolute Gasteiger partial charge is 0.180 e. The van der Waals surface area contributed by atoms with E-state index in [9.17, 15) is 0 Å². The van der Waals surface area contributed by atoms with E-state index in [1.807, 2.05) is 6.33 Å². The largest absolute Gasteiger partial charge is 0.383 e. The predicted octanol–water partition coefficient (Wildman–Crippen LogP) is 2.97. The average molecular weight is 322 g/mol. The second-order valence-corrected chi connectivity index (χ2v) is 5.67. The van der Waals surface area contributed by atoms with Crippen LogP contribution in [0.2, 0.25) is 0 Å². The van der Waals surface area contributed by atoms with Gasteiger partial charge in [0.25, 0.3) is 0 Å². The van der Waals surface area contributed by atoms with E-state index in [0.29, 0.717) is 17.6 Å². The number of imidazole rings is 1. The van der Waals surface area contributed by atoms with Crippen molar-refractivity contribution in [3.8, 4) is 11.5 Å². The van der Waals surface area contributed by atoms with Gasteiger partial charge < -0.3 is 10.3 Å². The molecule has 0 bridgehead atoms. The molecule has 2 aromatic heterocycles. The zero-order valence-corrected chi connectivity index (χ0v) is 12.4. The summed E-state index contributed by atoms with van der Waals surface area (Å²) in [5.74, 6) is 1.71. The normalized spacial score (nSPS) is 14.8. The number of nitrogen functional groups attached to an aromatic ring is 1. The quantitative estimate of drug-likeness (QED) is 0.939. The van der Waals surface area contributed by atoms with Crippen LogP contribution in [-0.2, 0) is 6.54 Å². The van der Waals surface area contributed by atoms with Gasteiger partial charge >= 0.3 is 0 Å². The lowest BCUT2D eigenvalue weighted by molar-refractivity contribution is 0.681. The standard InChI is InChI=1S/C13H16BrN5/c1-2-5-19-7-16-6-9(19)13-17-11(8-3-4-8)10(14)12(15)18-13/h6-8H,2-5H2,1H3,(H2,15,17,18). The summed E-state index contributed by atoms with van der Waals surface area (Å²) in [5.41, 5.74) is 7.96. The van der Waals surface area contributed by atoms with Crippen LogP contribution >= 0.6 is 15.9 Å². The van der Waals surface area contributed by atoms with Gasteiger partial charge in [0, 0.05) is 12.5 Å². The Morgan fingerprint density at radius 3 is 2.89 bits per heavy atom. The predicted molar refractivity (Wildman–Crippen MR) is 77.6 cm³/mol. The molecule has 0 spiro atoms. The second kappa shape index (κ2) is 4.92. The second-order valence-electron chi connectivity index (χ2n) is 4.88. The van der Waals surface area contributed by atoms with E-state index in [4.69, 9.17) is 5.73 Å². The number of nitrogens with two attached hydrogens (primary N) is 1. The zero-order valence-electron chi connectivity index (χ0n) is 10.8. The molecule has 0 radical (unpaired) electrons. The first-order valence-electron chi connectivity index (χ1n) is 6.54. The van der Waals surface area contributed by atoms with E-state index < -0.39 is 0 Å². The van der Waals surface area contributed by atoms with Crippen LogP contribution in [0.3, 0.4) is 0 Å². The fraction of sp³-hybridized carbons (Fsp3) is 0.462. The van der Waals surface area contributed by atoms with E-state index in [2.05, 4.69) is 42.4 Å². The highest BCUT2D eigenvalue weighted by molar-refractivity contribution is 9.10. The number of aromatic nitrogens is 4. The molecule has 2 heterocycles. The molecule has 0 unspecified atom stereocenters. The summed E-state index contributed by atoms with van der Waals surface area (Å²) in [7, 11) is 0. The van der Waals surface area contributed by atoms with Crippen LogP contribution in [0.4, 0.5) is 5.82 Å². The van der Waals surface area contributed by atoms with Gasteiger partial charge in [-0.3, -0.25) is 0 Å². The Hall–Kier alpha value is -1.43. The van der Waals surface area contributed by atoms with E-state index in [1.54, 1.807) is 6.20 Å².